The summed E-state index contributed by atoms with van der Waals surface area (Å²) < 4.78 is 61.5. The summed E-state index contributed by atoms with van der Waals surface area (Å²) in [6.45, 7) is 0. The topological polar surface area (TPSA) is 139 Å². The SMILES string of the molecule is O=S(=O)(CCI)Nc1cc(SOOO)ccc1S(=O)(=O)O. The molecule has 0 aromatic heterocycles. The summed E-state index contributed by atoms with van der Waals surface area (Å²) in [5, 5.41) is 11.4. The predicted octanol–water partition coefficient (Wildman–Crippen LogP) is 1.54. The van der Waals surface area contributed by atoms with Crippen LogP contribution in [0.2, 0.25) is 0 Å². The summed E-state index contributed by atoms with van der Waals surface area (Å²) >= 11 is 2.36. The van der Waals surface area contributed by atoms with Gasteiger partial charge in [-0.3, -0.25) is 9.27 Å². The van der Waals surface area contributed by atoms with Gasteiger partial charge in [-0.25, -0.2) is 13.7 Å². The van der Waals surface area contributed by atoms with Gasteiger partial charge in [0, 0.05) is 9.32 Å². The number of benzene rings is 1. The third-order valence-electron chi connectivity index (χ3n) is 2.00. The molecule has 1 rings (SSSR count). The first-order valence-corrected chi connectivity index (χ1v) is 10.4. The van der Waals surface area contributed by atoms with Gasteiger partial charge in [-0.15, -0.1) is 4.33 Å². The molecule has 0 amide bonds. The van der Waals surface area contributed by atoms with Crippen molar-refractivity contribution in [1.29, 1.82) is 0 Å². The number of nitrogens with one attached hydrogen (secondary N) is 1. The van der Waals surface area contributed by atoms with E-state index in [-0.39, 0.29) is 16.3 Å². The number of anilines is 1. The van der Waals surface area contributed by atoms with E-state index in [1.807, 2.05) is 22.6 Å². The van der Waals surface area contributed by atoms with Crippen molar-refractivity contribution in [2.45, 2.75) is 9.79 Å². The highest BCUT2D eigenvalue weighted by atomic mass is 127. The molecule has 0 aliphatic carbocycles. The standard InChI is InChI=1S/C8H10INO8S3/c9-3-4-20(12,13)10-7-5-6(19-18-17-11)1-2-8(7)21(14,15)16/h1-2,5,10-11H,3-4H2,(H,14,15,16). The minimum atomic E-state index is -4.62. The predicted molar refractivity (Wildman–Crippen MR) is 83.2 cm³/mol. The molecule has 0 bridgehead atoms. The van der Waals surface area contributed by atoms with Crippen LogP contribution < -0.4 is 4.72 Å². The van der Waals surface area contributed by atoms with Crippen molar-refractivity contribution >= 4 is 60.5 Å². The van der Waals surface area contributed by atoms with E-state index in [1.54, 1.807) is 0 Å². The lowest BCUT2D eigenvalue weighted by Gasteiger charge is -2.11. The molecule has 0 saturated heterocycles. The molecule has 0 fully saturated rings. The molecule has 0 spiro atoms. The lowest BCUT2D eigenvalue weighted by Crippen LogP contribution is -2.19. The number of hydrogen-bond acceptors (Lipinski definition) is 8. The Kier molecular flexibility index (Phi) is 7.11. The van der Waals surface area contributed by atoms with Gasteiger partial charge in [-0.2, -0.15) is 8.42 Å². The Labute approximate surface area is 139 Å². The molecule has 0 radical (unpaired) electrons. The number of hydrogen-bond donors (Lipinski definition) is 3. The molecule has 0 aliphatic rings. The van der Waals surface area contributed by atoms with E-state index >= 15 is 0 Å². The van der Waals surface area contributed by atoms with E-state index in [0.29, 0.717) is 16.5 Å². The Morgan fingerprint density at radius 3 is 2.48 bits per heavy atom. The van der Waals surface area contributed by atoms with Crippen molar-refractivity contribution in [3.05, 3.63) is 18.2 Å². The van der Waals surface area contributed by atoms with E-state index in [4.69, 9.17) is 9.81 Å². The Morgan fingerprint density at radius 1 is 1.29 bits per heavy atom. The molecule has 0 atom stereocenters. The molecule has 21 heavy (non-hydrogen) atoms. The van der Waals surface area contributed by atoms with Crippen molar-refractivity contribution in [1.82, 2.24) is 0 Å². The Morgan fingerprint density at radius 2 is 1.95 bits per heavy atom. The second-order valence-electron chi connectivity index (χ2n) is 3.47. The van der Waals surface area contributed by atoms with E-state index in [0.717, 1.165) is 12.1 Å². The van der Waals surface area contributed by atoms with Crippen molar-refractivity contribution < 1.29 is 36.0 Å². The Hall–Kier alpha value is -0.160. The van der Waals surface area contributed by atoms with Crippen LogP contribution in [0.1, 0.15) is 0 Å². The number of sulfonamides is 1. The monoisotopic (exact) mass is 471 g/mol. The van der Waals surface area contributed by atoms with E-state index < -0.39 is 25.0 Å². The summed E-state index contributed by atoms with van der Waals surface area (Å²) in [5.41, 5.74) is -0.339. The van der Waals surface area contributed by atoms with E-state index in [2.05, 4.69) is 14.1 Å². The van der Waals surface area contributed by atoms with Gasteiger partial charge in [0.05, 0.1) is 23.5 Å². The first kappa shape index (κ1) is 18.9. The van der Waals surface area contributed by atoms with Crippen LogP contribution in [0.5, 0.6) is 0 Å². The van der Waals surface area contributed by atoms with Gasteiger partial charge < -0.3 is 0 Å². The normalized spacial score (nSPS) is 12.3. The molecule has 3 N–H and O–H groups in total. The van der Waals surface area contributed by atoms with Gasteiger partial charge in [-0.1, -0.05) is 27.6 Å². The van der Waals surface area contributed by atoms with Gasteiger partial charge in [0.25, 0.3) is 10.1 Å². The lowest BCUT2D eigenvalue weighted by molar-refractivity contribution is -0.432. The first-order chi connectivity index (χ1) is 9.69. The fraction of sp³-hybridized carbons (Fsp3) is 0.250. The fourth-order valence-electron chi connectivity index (χ4n) is 1.24. The van der Waals surface area contributed by atoms with Crippen LogP contribution in [0.15, 0.2) is 28.0 Å². The van der Waals surface area contributed by atoms with Crippen LogP contribution in [0.25, 0.3) is 0 Å². The largest absolute Gasteiger partial charge is 0.296 e. The summed E-state index contributed by atoms with van der Waals surface area (Å²) in [6.07, 6.45) is 0. The Balaban J connectivity index is 3.23. The smallest absolute Gasteiger partial charge is 0.282 e. The third-order valence-corrected chi connectivity index (χ3v) is 6.03. The lowest BCUT2D eigenvalue weighted by atomic mass is 10.3. The molecule has 0 heterocycles. The van der Waals surface area contributed by atoms with Crippen molar-refractivity contribution in [3.8, 4) is 0 Å². The van der Waals surface area contributed by atoms with Gasteiger partial charge in [0.15, 0.2) is 0 Å². The molecular weight excluding hydrogens is 461 g/mol. The average Bonchev–Trinajstić information content (AvgIpc) is 2.34. The van der Waals surface area contributed by atoms with Crippen LogP contribution in [-0.2, 0) is 29.5 Å². The van der Waals surface area contributed by atoms with Gasteiger partial charge in [0.2, 0.25) is 10.0 Å². The second kappa shape index (κ2) is 7.91. The number of rotatable bonds is 8. The van der Waals surface area contributed by atoms with Crippen LogP contribution in [0, 0.1) is 0 Å². The maximum absolute atomic E-state index is 11.7. The maximum Gasteiger partial charge on any atom is 0.296 e. The summed E-state index contributed by atoms with van der Waals surface area (Å²) in [7, 11) is -8.39. The first-order valence-electron chi connectivity index (χ1n) is 5.02. The summed E-state index contributed by atoms with van der Waals surface area (Å²) in [6, 6.07) is 3.32. The minimum Gasteiger partial charge on any atom is -0.282 e. The average molecular weight is 471 g/mol. The number of alkyl halides is 1. The van der Waals surface area contributed by atoms with Crippen molar-refractivity contribution in [3.63, 3.8) is 0 Å². The molecule has 9 nitrogen and oxygen atoms in total. The van der Waals surface area contributed by atoms with Crippen LogP contribution in [-0.4, -0.2) is 36.8 Å². The highest BCUT2D eigenvalue weighted by Gasteiger charge is 2.20. The molecule has 120 valence electrons. The molecule has 0 saturated carbocycles. The van der Waals surface area contributed by atoms with Gasteiger partial charge in [0.1, 0.15) is 4.90 Å². The molecule has 1 aromatic rings. The molecule has 13 heteroatoms. The fourth-order valence-corrected chi connectivity index (χ4v) is 4.88. The molecule has 0 unspecified atom stereocenters. The van der Waals surface area contributed by atoms with Crippen molar-refractivity contribution in [2.75, 3.05) is 14.9 Å². The van der Waals surface area contributed by atoms with Gasteiger partial charge >= 0.3 is 0 Å². The molecule has 1 aromatic carbocycles. The second-order valence-corrected chi connectivity index (χ2v) is 8.55. The summed E-state index contributed by atoms with van der Waals surface area (Å²) in [5.74, 6) is -0.230. The third kappa shape index (κ3) is 6.23. The highest BCUT2D eigenvalue weighted by Crippen LogP contribution is 2.29. The van der Waals surface area contributed by atoms with Gasteiger partial charge in [-0.05, 0) is 18.2 Å². The van der Waals surface area contributed by atoms with E-state index in [1.165, 1.54) is 6.07 Å². The zero-order valence-corrected chi connectivity index (χ0v) is 14.7. The van der Waals surface area contributed by atoms with E-state index in [9.17, 15) is 16.8 Å². The summed E-state index contributed by atoms with van der Waals surface area (Å²) in [4.78, 5) is -0.377. The van der Waals surface area contributed by atoms with Crippen molar-refractivity contribution in [2.24, 2.45) is 0 Å². The Bertz CT molecular complexity index is 689. The maximum atomic E-state index is 11.7. The zero-order valence-electron chi connectivity index (χ0n) is 10.1. The van der Waals surface area contributed by atoms with Crippen LogP contribution in [0.3, 0.4) is 0 Å². The minimum absolute atomic E-state index is 0.226. The zero-order chi connectivity index (χ0) is 16.1. The molecule has 0 aliphatic heterocycles. The van der Waals surface area contributed by atoms with Crippen LogP contribution >= 0.6 is 34.6 Å². The molecular formula is C8H10INO8S3. The number of halogens is 1. The highest BCUT2D eigenvalue weighted by molar-refractivity contribution is 14.1. The quantitative estimate of drug-likeness (QED) is 0.129. The van der Waals surface area contributed by atoms with Crippen LogP contribution in [0.4, 0.5) is 5.69 Å².